The van der Waals surface area contributed by atoms with Crippen LogP contribution in [-0.2, 0) is 4.79 Å². The van der Waals surface area contributed by atoms with Crippen molar-refractivity contribution in [1.82, 2.24) is 10.2 Å². The molecule has 0 spiro atoms. The van der Waals surface area contributed by atoms with Crippen LogP contribution in [0.2, 0.25) is 0 Å². The van der Waals surface area contributed by atoms with E-state index in [9.17, 15) is 18.0 Å². The zero-order chi connectivity index (χ0) is 13.1. The summed E-state index contributed by atoms with van der Waals surface area (Å²) in [4.78, 5) is 12.1. The third kappa shape index (κ3) is 5.36. The number of nitrogens with two attached hydrogens (primary N) is 1. The molecule has 1 saturated heterocycles. The van der Waals surface area contributed by atoms with Gasteiger partial charge >= 0.3 is 6.18 Å². The number of primary amides is 1. The quantitative estimate of drug-likeness (QED) is 0.749. The maximum absolute atomic E-state index is 12.1. The van der Waals surface area contributed by atoms with Crippen LogP contribution in [0.25, 0.3) is 0 Å². The number of nitrogens with zero attached hydrogens (tertiary/aromatic N) is 1. The van der Waals surface area contributed by atoms with Crippen LogP contribution in [0.5, 0.6) is 0 Å². The fraction of sp³-hybridized carbons (Fsp3) is 0.900. The smallest absolute Gasteiger partial charge is 0.368 e. The van der Waals surface area contributed by atoms with Crippen molar-refractivity contribution in [2.45, 2.75) is 37.5 Å². The number of hydrogen-bond acceptors (Lipinski definition) is 3. The van der Waals surface area contributed by atoms with Crippen molar-refractivity contribution in [3.8, 4) is 0 Å². The topological polar surface area (TPSA) is 58.4 Å². The summed E-state index contributed by atoms with van der Waals surface area (Å²) in [6.07, 6.45) is -2.11. The molecule has 1 rings (SSSR count). The van der Waals surface area contributed by atoms with Crippen molar-refractivity contribution in [2.75, 3.05) is 20.1 Å². The van der Waals surface area contributed by atoms with Gasteiger partial charge in [0.2, 0.25) is 5.91 Å². The zero-order valence-electron chi connectivity index (χ0n) is 9.76. The number of hydrogen-bond donors (Lipinski definition) is 2. The molecule has 17 heavy (non-hydrogen) atoms. The summed E-state index contributed by atoms with van der Waals surface area (Å²) in [5, 5.41) is 3.03. The Hall–Kier alpha value is -0.820. The van der Waals surface area contributed by atoms with Crippen LogP contribution < -0.4 is 11.1 Å². The fourth-order valence-electron chi connectivity index (χ4n) is 2.03. The Bertz CT molecular complexity index is 270. The first-order valence-electron chi connectivity index (χ1n) is 5.58. The summed E-state index contributed by atoms with van der Waals surface area (Å²) in [5.74, 6) is -0.392. The van der Waals surface area contributed by atoms with Crippen LogP contribution in [-0.4, -0.2) is 49.2 Å². The summed E-state index contributed by atoms with van der Waals surface area (Å²) in [6, 6.07) is -0.240. The molecule has 2 unspecified atom stereocenters. The van der Waals surface area contributed by atoms with E-state index < -0.39 is 18.6 Å². The molecular formula is C10H18F3N3O. The van der Waals surface area contributed by atoms with E-state index in [0.29, 0.717) is 19.4 Å². The first kappa shape index (κ1) is 14.2. The van der Waals surface area contributed by atoms with Gasteiger partial charge in [-0.1, -0.05) is 0 Å². The molecule has 0 aromatic rings. The van der Waals surface area contributed by atoms with Crippen molar-refractivity contribution < 1.29 is 18.0 Å². The third-order valence-electron chi connectivity index (χ3n) is 2.89. The molecule has 0 radical (unpaired) electrons. The Kier molecular flexibility index (Phi) is 4.76. The molecule has 1 fully saturated rings. The molecule has 1 aliphatic rings. The lowest BCUT2D eigenvalue weighted by Crippen LogP contribution is -2.41. The van der Waals surface area contributed by atoms with E-state index in [1.54, 1.807) is 0 Å². The van der Waals surface area contributed by atoms with E-state index >= 15 is 0 Å². The van der Waals surface area contributed by atoms with Crippen molar-refractivity contribution in [1.29, 1.82) is 0 Å². The minimum Gasteiger partial charge on any atom is -0.368 e. The Morgan fingerprint density at radius 1 is 1.47 bits per heavy atom. The Labute approximate surface area is 98.3 Å². The van der Waals surface area contributed by atoms with E-state index in [1.165, 1.54) is 11.9 Å². The monoisotopic (exact) mass is 253 g/mol. The van der Waals surface area contributed by atoms with Crippen LogP contribution >= 0.6 is 0 Å². The van der Waals surface area contributed by atoms with Crippen LogP contribution in [0.3, 0.4) is 0 Å². The van der Waals surface area contributed by atoms with Crippen LogP contribution in [0.15, 0.2) is 0 Å². The van der Waals surface area contributed by atoms with E-state index in [0.717, 1.165) is 6.42 Å². The number of nitrogens with one attached hydrogen (secondary N) is 1. The second-order valence-electron chi connectivity index (χ2n) is 4.54. The van der Waals surface area contributed by atoms with Gasteiger partial charge < -0.3 is 11.1 Å². The van der Waals surface area contributed by atoms with Gasteiger partial charge in [0, 0.05) is 6.04 Å². The Balaban J connectivity index is 2.21. The molecule has 100 valence electrons. The molecule has 1 amide bonds. The van der Waals surface area contributed by atoms with Gasteiger partial charge in [0.1, 0.15) is 0 Å². The summed E-state index contributed by atoms with van der Waals surface area (Å²) >= 11 is 0. The zero-order valence-corrected chi connectivity index (χ0v) is 9.76. The van der Waals surface area contributed by atoms with Gasteiger partial charge in [-0.3, -0.25) is 9.69 Å². The molecule has 7 heteroatoms. The molecule has 1 aliphatic heterocycles. The highest BCUT2D eigenvalue weighted by molar-refractivity contribution is 5.80. The molecule has 0 bridgehead atoms. The van der Waals surface area contributed by atoms with Gasteiger partial charge in [0.05, 0.1) is 12.6 Å². The number of alkyl halides is 3. The third-order valence-corrected chi connectivity index (χ3v) is 2.89. The highest BCUT2D eigenvalue weighted by Crippen LogP contribution is 2.18. The minimum atomic E-state index is -4.16. The predicted molar refractivity (Wildman–Crippen MR) is 57.3 cm³/mol. The van der Waals surface area contributed by atoms with Crippen LogP contribution in [0, 0.1) is 0 Å². The van der Waals surface area contributed by atoms with Crippen molar-refractivity contribution >= 4 is 5.91 Å². The second-order valence-corrected chi connectivity index (χ2v) is 4.54. The molecule has 0 aromatic heterocycles. The number of halogens is 3. The van der Waals surface area contributed by atoms with Crippen molar-refractivity contribution in [3.63, 3.8) is 0 Å². The van der Waals surface area contributed by atoms with Gasteiger partial charge in [-0.15, -0.1) is 0 Å². The van der Waals surface area contributed by atoms with E-state index in [-0.39, 0.29) is 12.1 Å². The van der Waals surface area contributed by atoms with Crippen LogP contribution in [0.4, 0.5) is 13.2 Å². The molecule has 0 saturated carbocycles. The molecule has 0 aromatic carbocycles. The van der Waals surface area contributed by atoms with Crippen molar-refractivity contribution in [2.24, 2.45) is 5.73 Å². The lowest BCUT2D eigenvalue weighted by atomic mass is 10.1. The fourth-order valence-corrected chi connectivity index (χ4v) is 2.03. The summed E-state index contributed by atoms with van der Waals surface area (Å²) in [7, 11) is 1.44. The normalized spacial score (nSPS) is 25.5. The summed E-state index contributed by atoms with van der Waals surface area (Å²) in [5.41, 5.74) is 5.14. The Morgan fingerprint density at radius 2 is 2.12 bits per heavy atom. The van der Waals surface area contributed by atoms with E-state index in [1.807, 2.05) is 0 Å². The lowest BCUT2D eigenvalue weighted by Gasteiger charge is -2.20. The van der Waals surface area contributed by atoms with Gasteiger partial charge in [-0.2, -0.15) is 13.2 Å². The predicted octanol–water partition coefficient (Wildman–Crippen LogP) is 0.477. The average Bonchev–Trinajstić information content (AvgIpc) is 2.60. The number of carbonyl (C=O) groups is 1. The molecule has 1 heterocycles. The van der Waals surface area contributed by atoms with Crippen molar-refractivity contribution in [3.05, 3.63) is 0 Å². The molecule has 4 nitrogen and oxygen atoms in total. The highest BCUT2D eigenvalue weighted by atomic mass is 19.4. The molecule has 3 N–H and O–H groups in total. The minimum absolute atomic E-state index is 0.0863. The maximum atomic E-state index is 12.1. The average molecular weight is 253 g/mol. The summed E-state index contributed by atoms with van der Waals surface area (Å²) in [6.45, 7) is -0.554. The highest BCUT2D eigenvalue weighted by Gasteiger charge is 2.30. The second kappa shape index (κ2) is 5.68. The van der Waals surface area contributed by atoms with Gasteiger partial charge in [0.15, 0.2) is 0 Å². The van der Waals surface area contributed by atoms with E-state index in [4.69, 9.17) is 5.73 Å². The maximum Gasteiger partial charge on any atom is 0.401 e. The molecule has 2 atom stereocenters. The number of amides is 1. The summed E-state index contributed by atoms with van der Waals surface area (Å²) < 4.78 is 36.2. The largest absolute Gasteiger partial charge is 0.401 e. The first-order valence-corrected chi connectivity index (χ1v) is 5.58. The Morgan fingerprint density at radius 3 is 2.59 bits per heavy atom. The molecular weight excluding hydrogens is 235 g/mol. The first-order chi connectivity index (χ1) is 7.78. The van der Waals surface area contributed by atoms with Gasteiger partial charge in [0.25, 0.3) is 0 Å². The van der Waals surface area contributed by atoms with Crippen LogP contribution in [0.1, 0.15) is 19.3 Å². The van der Waals surface area contributed by atoms with Gasteiger partial charge in [-0.25, -0.2) is 0 Å². The van der Waals surface area contributed by atoms with E-state index in [2.05, 4.69) is 5.32 Å². The lowest BCUT2D eigenvalue weighted by molar-refractivity contribution is -0.143. The van der Waals surface area contributed by atoms with Gasteiger partial charge in [-0.05, 0) is 32.9 Å². The number of carbonyl (C=O) groups excluding carboxylic acids is 1. The SMILES string of the molecule is CN(CCC1CCC(C(N)=O)N1)CC(F)(F)F. The standard InChI is InChI=1S/C10H18F3N3O/c1-16(6-10(11,12)13)5-4-7-2-3-8(15-7)9(14)17/h7-8,15H,2-6H2,1H3,(H2,14,17). The number of rotatable bonds is 5. The molecule has 0 aliphatic carbocycles.